The molecule has 0 atom stereocenters. The fourth-order valence-corrected chi connectivity index (χ4v) is 2.80. The molecule has 0 saturated carbocycles. The predicted octanol–water partition coefficient (Wildman–Crippen LogP) is 2.37. The number of nitrogens with zero attached hydrogens (tertiary/aromatic N) is 1. The first-order valence-electron chi connectivity index (χ1n) is 7.59. The summed E-state index contributed by atoms with van der Waals surface area (Å²) in [5.41, 5.74) is 1.29. The van der Waals surface area contributed by atoms with E-state index in [0.29, 0.717) is 19.0 Å². The monoisotopic (exact) mass is 323 g/mol. The van der Waals surface area contributed by atoms with Crippen LogP contribution in [0.5, 0.6) is 0 Å². The summed E-state index contributed by atoms with van der Waals surface area (Å²) in [4.78, 5) is 24.6. The number of rotatable bonds is 4. The summed E-state index contributed by atoms with van der Waals surface area (Å²) in [6.45, 7) is 3.87. The van der Waals surface area contributed by atoms with Crippen LogP contribution in [0, 0.1) is 0 Å². The number of nitrogens with one attached hydrogen (secondary N) is 2. The number of amides is 3. The minimum Gasteiger partial charge on any atom is -0.355 e. The summed E-state index contributed by atoms with van der Waals surface area (Å²) in [7, 11) is 0. The Morgan fingerprint density at radius 3 is 2.32 bits per heavy atom. The van der Waals surface area contributed by atoms with Crippen LogP contribution in [-0.2, 0) is 4.79 Å². The zero-order valence-corrected chi connectivity index (χ0v) is 13.5. The first kappa shape index (κ1) is 16.6. The average molecular weight is 324 g/mol. The first-order chi connectivity index (χ1) is 10.6. The molecule has 2 rings (SSSR count). The van der Waals surface area contributed by atoms with Crippen LogP contribution in [0.3, 0.4) is 0 Å². The third-order valence-electron chi connectivity index (χ3n) is 3.90. The van der Waals surface area contributed by atoms with E-state index >= 15 is 0 Å². The van der Waals surface area contributed by atoms with Crippen LogP contribution in [0.4, 0.5) is 4.79 Å². The van der Waals surface area contributed by atoms with Crippen molar-refractivity contribution in [2.24, 2.45) is 0 Å². The lowest BCUT2D eigenvalue weighted by Crippen LogP contribution is -2.46. The van der Waals surface area contributed by atoms with Crippen LogP contribution in [0.2, 0.25) is 5.02 Å². The molecular formula is C16H22ClN3O2. The van der Waals surface area contributed by atoms with E-state index in [9.17, 15) is 9.59 Å². The van der Waals surface area contributed by atoms with E-state index < -0.39 is 0 Å². The van der Waals surface area contributed by atoms with E-state index in [1.54, 1.807) is 0 Å². The van der Waals surface area contributed by atoms with Gasteiger partial charge in [-0.2, -0.15) is 0 Å². The molecule has 1 aliphatic heterocycles. The molecule has 1 heterocycles. The fourth-order valence-electron chi connectivity index (χ4n) is 2.67. The molecule has 0 aliphatic carbocycles. The Balaban J connectivity index is 1.73. The fraction of sp³-hybridized carbons (Fsp3) is 0.500. The standard InChI is InChI=1S/C16H22ClN3O2/c1-12(21)18-8-9-19-16(22)20-10-6-14(7-11-20)13-2-4-15(17)5-3-13/h2-5,14H,6-11H2,1H3,(H,18,21)(H,19,22). The highest BCUT2D eigenvalue weighted by molar-refractivity contribution is 6.30. The first-order valence-corrected chi connectivity index (χ1v) is 7.96. The Morgan fingerprint density at radius 2 is 1.73 bits per heavy atom. The molecule has 0 spiro atoms. The van der Waals surface area contributed by atoms with Gasteiger partial charge in [-0.05, 0) is 36.5 Å². The minimum absolute atomic E-state index is 0.0556. The van der Waals surface area contributed by atoms with Crippen molar-refractivity contribution >= 4 is 23.5 Å². The maximum Gasteiger partial charge on any atom is 0.317 e. The van der Waals surface area contributed by atoms with Gasteiger partial charge in [-0.25, -0.2) is 4.79 Å². The molecule has 0 radical (unpaired) electrons. The van der Waals surface area contributed by atoms with Crippen molar-refractivity contribution in [2.45, 2.75) is 25.7 Å². The number of benzene rings is 1. The predicted molar refractivity (Wildman–Crippen MR) is 87.1 cm³/mol. The zero-order chi connectivity index (χ0) is 15.9. The van der Waals surface area contributed by atoms with Crippen molar-refractivity contribution in [3.8, 4) is 0 Å². The highest BCUT2D eigenvalue weighted by atomic mass is 35.5. The number of hydrogen-bond donors (Lipinski definition) is 2. The van der Waals surface area contributed by atoms with Gasteiger partial charge in [-0.1, -0.05) is 23.7 Å². The molecule has 120 valence electrons. The maximum absolute atomic E-state index is 12.0. The molecule has 1 aliphatic rings. The number of carbonyl (C=O) groups excluding carboxylic acids is 2. The molecule has 1 saturated heterocycles. The maximum atomic E-state index is 12.0. The molecule has 5 nitrogen and oxygen atoms in total. The zero-order valence-electron chi connectivity index (χ0n) is 12.8. The van der Waals surface area contributed by atoms with E-state index in [4.69, 9.17) is 11.6 Å². The van der Waals surface area contributed by atoms with Gasteiger partial charge in [0.2, 0.25) is 5.91 Å². The van der Waals surface area contributed by atoms with Gasteiger partial charge in [0.15, 0.2) is 0 Å². The molecule has 1 aromatic carbocycles. The second-order valence-electron chi connectivity index (χ2n) is 5.53. The van der Waals surface area contributed by atoms with Crippen LogP contribution >= 0.6 is 11.6 Å². The lowest BCUT2D eigenvalue weighted by atomic mass is 9.90. The van der Waals surface area contributed by atoms with Gasteiger partial charge in [0.1, 0.15) is 0 Å². The third-order valence-corrected chi connectivity index (χ3v) is 4.15. The Morgan fingerprint density at radius 1 is 1.14 bits per heavy atom. The highest BCUT2D eigenvalue weighted by Crippen LogP contribution is 2.28. The summed E-state index contributed by atoms with van der Waals surface area (Å²) in [5.74, 6) is 0.402. The molecule has 2 N–H and O–H groups in total. The van der Waals surface area contributed by atoms with Gasteiger partial charge in [0.25, 0.3) is 0 Å². The molecule has 22 heavy (non-hydrogen) atoms. The molecule has 0 aromatic heterocycles. The summed E-state index contributed by atoms with van der Waals surface area (Å²) in [5, 5.41) is 6.23. The van der Waals surface area contributed by atoms with Crippen LogP contribution in [-0.4, -0.2) is 43.0 Å². The molecule has 3 amide bonds. The molecule has 0 bridgehead atoms. The van der Waals surface area contributed by atoms with Gasteiger partial charge < -0.3 is 15.5 Å². The normalized spacial score (nSPS) is 15.5. The topological polar surface area (TPSA) is 61.4 Å². The number of piperidine rings is 1. The van der Waals surface area contributed by atoms with Crippen LogP contribution < -0.4 is 10.6 Å². The second-order valence-corrected chi connectivity index (χ2v) is 5.96. The summed E-state index contributed by atoms with van der Waals surface area (Å²) in [6, 6.07) is 7.90. The van der Waals surface area contributed by atoms with Crippen LogP contribution in [0.1, 0.15) is 31.2 Å². The van der Waals surface area contributed by atoms with Crippen molar-refractivity contribution in [1.29, 1.82) is 0 Å². The van der Waals surface area contributed by atoms with Crippen molar-refractivity contribution < 1.29 is 9.59 Å². The molecular weight excluding hydrogens is 302 g/mol. The largest absolute Gasteiger partial charge is 0.355 e. The second kappa shape index (κ2) is 8.03. The number of likely N-dealkylation sites (tertiary alicyclic amines) is 1. The summed E-state index contributed by atoms with van der Waals surface area (Å²) in [6.07, 6.45) is 1.92. The number of carbonyl (C=O) groups is 2. The summed E-state index contributed by atoms with van der Waals surface area (Å²) < 4.78 is 0. The van der Waals surface area contributed by atoms with E-state index in [1.165, 1.54) is 12.5 Å². The van der Waals surface area contributed by atoms with Gasteiger partial charge >= 0.3 is 6.03 Å². The Hall–Kier alpha value is -1.75. The van der Waals surface area contributed by atoms with Crippen LogP contribution in [0.15, 0.2) is 24.3 Å². The van der Waals surface area contributed by atoms with E-state index in [0.717, 1.165) is 31.0 Å². The summed E-state index contributed by atoms with van der Waals surface area (Å²) >= 11 is 5.91. The number of halogens is 1. The van der Waals surface area contributed by atoms with Crippen molar-refractivity contribution in [3.63, 3.8) is 0 Å². The smallest absolute Gasteiger partial charge is 0.317 e. The molecule has 1 fully saturated rings. The molecule has 6 heteroatoms. The molecule has 0 unspecified atom stereocenters. The van der Waals surface area contributed by atoms with E-state index in [1.807, 2.05) is 17.0 Å². The van der Waals surface area contributed by atoms with E-state index in [-0.39, 0.29) is 11.9 Å². The highest BCUT2D eigenvalue weighted by Gasteiger charge is 2.23. The Kier molecular flexibility index (Phi) is 6.07. The Bertz CT molecular complexity index is 511. The lowest BCUT2D eigenvalue weighted by Gasteiger charge is -2.32. The van der Waals surface area contributed by atoms with Gasteiger partial charge in [0, 0.05) is 38.1 Å². The SMILES string of the molecule is CC(=O)NCCNC(=O)N1CCC(c2ccc(Cl)cc2)CC1. The third kappa shape index (κ3) is 4.91. The average Bonchev–Trinajstić information content (AvgIpc) is 2.52. The molecule has 1 aromatic rings. The van der Waals surface area contributed by atoms with Crippen molar-refractivity contribution in [3.05, 3.63) is 34.9 Å². The van der Waals surface area contributed by atoms with Gasteiger partial charge in [-0.15, -0.1) is 0 Å². The minimum atomic E-state index is -0.0852. The van der Waals surface area contributed by atoms with Gasteiger partial charge in [-0.3, -0.25) is 4.79 Å². The quantitative estimate of drug-likeness (QED) is 0.836. The lowest BCUT2D eigenvalue weighted by molar-refractivity contribution is -0.118. The van der Waals surface area contributed by atoms with Crippen LogP contribution in [0.25, 0.3) is 0 Å². The number of hydrogen-bond acceptors (Lipinski definition) is 2. The van der Waals surface area contributed by atoms with Crippen molar-refractivity contribution in [1.82, 2.24) is 15.5 Å². The van der Waals surface area contributed by atoms with Gasteiger partial charge in [0.05, 0.1) is 0 Å². The number of urea groups is 1. The Labute approximate surface area is 136 Å². The van der Waals surface area contributed by atoms with Crippen molar-refractivity contribution in [2.75, 3.05) is 26.2 Å². The van der Waals surface area contributed by atoms with E-state index in [2.05, 4.69) is 22.8 Å².